The van der Waals surface area contributed by atoms with Crippen molar-refractivity contribution in [1.29, 1.82) is 0 Å². The van der Waals surface area contributed by atoms with Gasteiger partial charge in [-0.15, -0.1) is 11.3 Å². The lowest BCUT2D eigenvalue weighted by Crippen LogP contribution is -2.32. The number of rotatable bonds is 6. The first-order chi connectivity index (χ1) is 9.50. The summed E-state index contributed by atoms with van der Waals surface area (Å²) in [4.78, 5) is 12.3. The maximum Gasteiger partial charge on any atom is 0.262 e. The van der Waals surface area contributed by atoms with Crippen molar-refractivity contribution < 1.29 is 18.3 Å². The molecule has 0 unspecified atom stereocenters. The van der Waals surface area contributed by atoms with Crippen molar-refractivity contribution in [3.05, 3.63) is 21.9 Å². The molecule has 0 bridgehead atoms. The van der Waals surface area contributed by atoms with Gasteiger partial charge in [0.25, 0.3) is 5.91 Å². The van der Waals surface area contributed by atoms with Gasteiger partial charge in [0.15, 0.2) is 0 Å². The molecule has 0 saturated carbocycles. The molecule has 1 rings (SSSR count). The smallest absolute Gasteiger partial charge is 0.262 e. The highest BCUT2D eigenvalue weighted by molar-refractivity contribution is 7.89. The van der Waals surface area contributed by atoms with Gasteiger partial charge in [-0.05, 0) is 18.5 Å². The zero-order valence-corrected chi connectivity index (χ0v) is 12.6. The SMILES string of the molecule is CNS(=O)(=O)CCNC(=O)c1sccc1C#CCCO. The summed E-state index contributed by atoms with van der Waals surface area (Å²) in [7, 11) is -2.00. The Hall–Kier alpha value is -1.40. The summed E-state index contributed by atoms with van der Waals surface area (Å²) in [6.45, 7) is 0.00393. The van der Waals surface area contributed by atoms with Crippen LogP contribution in [0.5, 0.6) is 0 Å². The highest BCUT2D eigenvalue weighted by Crippen LogP contribution is 2.15. The molecule has 0 fully saturated rings. The van der Waals surface area contributed by atoms with Crippen LogP contribution in [0.3, 0.4) is 0 Å². The predicted molar refractivity (Wildman–Crippen MR) is 78.1 cm³/mol. The molecule has 0 atom stereocenters. The number of nitrogens with one attached hydrogen (secondary N) is 2. The van der Waals surface area contributed by atoms with E-state index in [1.165, 1.54) is 18.4 Å². The number of thiophene rings is 1. The summed E-state index contributed by atoms with van der Waals surface area (Å²) in [5.41, 5.74) is 0.581. The number of carbonyl (C=O) groups is 1. The third kappa shape index (κ3) is 5.30. The Kier molecular flexibility index (Phi) is 6.67. The Balaban J connectivity index is 2.61. The van der Waals surface area contributed by atoms with Crippen molar-refractivity contribution in [3.8, 4) is 11.8 Å². The zero-order chi connectivity index (χ0) is 15.0. The molecular formula is C12H16N2O4S2. The van der Waals surface area contributed by atoms with Crippen molar-refractivity contribution in [2.75, 3.05) is 26.0 Å². The molecule has 110 valence electrons. The first-order valence-electron chi connectivity index (χ1n) is 5.87. The van der Waals surface area contributed by atoms with Crippen LogP contribution in [-0.2, 0) is 10.0 Å². The number of hydrogen-bond acceptors (Lipinski definition) is 5. The monoisotopic (exact) mass is 316 g/mol. The van der Waals surface area contributed by atoms with E-state index in [-0.39, 0.29) is 24.8 Å². The topological polar surface area (TPSA) is 95.5 Å². The van der Waals surface area contributed by atoms with Crippen LogP contribution in [-0.4, -0.2) is 45.4 Å². The number of aliphatic hydroxyl groups is 1. The van der Waals surface area contributed by atoms with Crippen molar-refractivity contribution in [2.24, 2.45) is 0 Å². The molecule has 0 spiro atoms. The second-order valence-electron chi connectivity index (χ2n) is 3.72. The van der Waals surface area contributed by atoms with E-state index in [9.17, 15) is 13.2 Å². The van der Waals surface area contributed by atoms with Crippen molar-refractivity contribution in [3.63, 3.8) is 0 Å². The Morgan fingerprint density at radius 1 is 1.50 bits per heavy atom. The molecule has 3 N–H and O–H groups in total. The van der Waals surface area contributed by atoms with Crippen molar-refractivity contribution >= 4 is 27.3 Å². The molecule has 0 saturated heterocycles. The zero-order valence-electron chi connectivity index (χ0n) is 11.0. The van der Waals surface area contributed by atoms with E-state index >= 15 is 0 Å². The van der Waals surface area contributed by atoms with Gasteiger partial charge >= 0.3 is 0 Å². The lowest BCUT2D eigenvalue weighted by atomic mass is 10.2. The van der Waals surface area contributed by atoms with Gasteiger partial charge in [0, 0.05) is 18.5 Å². The minimum absolute atomic E-state index is 0.0272. The largest absolute Gasteiger partial charge is 0.395 e. The van der Waals surface area contributed by atoms with Gasteiger partial charge in [0.1, 0.15) is 4.88 Å². The van der Waals surface area contributed by atoms with Crippen LogP contribution >= 0.6 is 11.3 Å². The fourth-order valence-electron chi connectivity index (χ4n) is 1.28. The summed E-state index contributed by atoms with van der Waals surface area (Å²) in [6.07, 6.45) is 0.345. The molecule has 20 heavy (non-hydrogen) atoms. The van der Waals surface area contributed by atoms with Gasteiger partial charge in [-0.25, -0.2) is 13.1 Å². The van der Waals surface area contributed by atoms with E-state index in [2.05, 4.69) is 21.9 Å². The van der Waals surface area contributed by atoms with Crippen molar-refractivity contribution in [2.45, 2.75) is 6.42 Å². The van der Waals surface area contributed by atoms with Gasteiger partial charge in [0.05, 0.1) is 12.4 Å². The molecule has 1 aromatic heterocycles. The first kappa shape index (κ1) is 16.7. The predicted octanol–water partition coefficient (Wildman–Crippen LogP) is -0.239. The van der Waals surface area contributed by atoms with E-state index in [1.807, 2.05) is 0 Å². The molecule has 8 heteroatoms. The highest BCUT2D eigenvalue weighted by Gasteiger charge is 2.13. The van der Waals surface area contributed by atoms with Crippen LogP contribution in [0.1, 0.15) is 21.7 Å². The summed E-state index contributed by atoms with van der Waals surface area (Å²) >= 11 is 1.24. The second-order valence-corrected chi connectivity index (χ2v) is 6.68. The molecular weight excluding hydrogens is 300 g/mol. The number of sulfonamides is 1. The maximum atomic E-state index is 11.9. The standard InChI is InChI=1S/C12H16N2O4S2/c1-13-20(17,18)9-6-14-12(16)11-10(5-8-19-11)4-2-3-7-15/h5,8,13,15H,3,6-7,9H2,1H3,(H,14,16). The average Bonchev–Trinajstić information content (AvgIpc) is 2.87. The van der Waals surface area contributed by atoms with Gasteiger partial charge in [0.2, 0.25) is 10.0 Å². The molecule has 0 radical (unpaired) electrons. The van der Waals surface area contributed by atoms with E-state index in [0.29, 0.717) is 16.9 Å². The van der Waals surface area contributed by atoms with E-state index in [1.54, 1.807) is 11.4 Å². The lowest BCUT2D eigenvalue weighted by Gasteiger charge is -2.04. The molecule has 1 amide bonds. The van der Waals surface area contributed by atoms with Crippen LogP contribution in [0.2, 0.25) is 0 Å². The van der Waals surface area contributed by atoms with Gasteiger partial charge in [-0.2, -0.15) is 0 Å². The quantitative estimate of drug-likeness (QED) is 0.631. The third-order valence-corrected chi connectivity index (χ3v) is 4.58. The molecule has 0 aliphatic rings. The Morgan fingerprint density at radius 3 is 2.90 bits per heavy atom. The molecule has 0 aliphatic carbocycles. The summed E-state index contributed by atoms with van der Waals surface area (Å²) in [5.74, 6) is 5.02. The number of amides is 1. The van der Waals surface area contributed by atoms with Crippen LogP contribution in [0, 0.1) is 11.8 Å². The first-order valence-corrected chi connectivity index (χ1v) is 8.40. The molecule has 6 nitrogen and oxygen atoms in total. The number of hydrogen-bond donors (Lipinski definition) is 3. The van der Waals surface area contributed by atoms with E-state index < -0.39 is 10.0 Å². The second kappa shape index (κ2) is 8.01. The Bertz CT molecular complexity index is 611. The minimum Gasteiger partial charge on any atom is -0.395 e. The minimum atomic E-state index is -3.33. The van der Waals surface area contributed by atoms with Crippen LogP contribution in [0.15, 0.2) is 11.4 Å². The average molecular weight is 316 g/mol. The fraction of sp³-hybridized carbons (Fsp3) is 0.417. The molecule has 1 aromatic rings. The third-order valence-electron chi connectivity index (χ3n) is 2.30. The highest BCUT2D eigenvalue weighted by atomic mass is 32.2. The maximum absolute atomic E-state index is 11.9. The summed E-state index contributed by atoms with van der Waals surface area (Å²) < 4.78 is 24.6. The van der Waals surface area contributed by atoms with Crippen LogP contribution < -0.4 is 10.0 Å². The van der Waals surface area contributed by atoms with Gasteiger partial charge < -0.3 is 10.4 Å². The van der Waals surface area contributed by atoms with E-state index in [0.717, 1.165) is 0 Å². The van der Waals surface area contributed by atoms with E-state index in [4.69, 9.17) is 5.11 Å². The molecule has 0 aromatic carbocycles. The summed E-state index contributed by atoms with van der Waals surface area (Å²) in [5, 5.41) is 12.9. The summed E-state index contributed by atoms with van der Waals surface area (Å²) in [6, 6.07) is 1.72. The molecule has 1 heterocycles. The Morgan fingerprint density at radius 2 is 2.25 bits per heavy atom. The number of carbonyl (C=O) groups excluding carboxylic acids is 1. The fourth-order valence-corrected chi connectivity index (χ4v) is 2.62. The molecule has 0 aliphatic heterocycles. The number of aliphatic hydroxyl groups excluding tert-OH is 1. The van der Waals surface area contributed by atoms with Crippen LogP contribution in [0.25, 0.3) is 0 Å². The van der Waals surface area contributed by atoms with Crippen molar-refractivity contribution in [1.82, 2.24) is 10.0 Å². The van der Waals surface area contributed by atoms with Gasteiger partial charge in [-0.3, -0.25) is 4.79 Å². The lowest BCUT2D eigenvalue weighted by molar-refractivity contribution is 0.0960. The van der Waals surface area contributed by atoms with Gasteiger partial charge in [-0.1, -0.05) is 11.8 Å². The normalized spacial score (nSPS) is 10.7. The Labute approximate surface area is 122 Å². The van der Waals surface area contributed by atoms with Crippen LogP contribution in [0.4, 0.5) is 0 Å².